The van der Waals surface area contributed by atoms with Crippen LogP contribution in [-0.4, -0.2) is 17.7 Å². The summed E-state index contributed by atoms with van der Waals surface area (Å²) in [7, 11) is 0. The van der Waals surface area contributed by atoms with Gasteiger partial charge in [0.15, 0.2) is 0 Å². The van der Waals surface area contributed by atoms with E-state index in [1.807, 2.05) is 13.8 Å². The van der Waals surface area contributed by atoms with Gasteiger partial charge in [0.1, 0.15) is 0 Å². The third-order valence-corrected chi connectivity index (χ3v) is 2.51. The van der Waals surface area contributed by atoms with Gasteiger partial charge in [-0.3, -0.25) is 0 Å². The van der Waals surface area contributed by atoms with Crippen molar-refractivity contribution in [1.82, 2.24) is 5.32 Å². The monoisotopic (exact) mass is 207 g/mol. The van der Waals surface area contributed by atoms with E-state index in [4.69, 9.17) is 0 Å². The van der Waals surface area contributed by atoms with Crippen molar-refractivity contribution in [3.8, 4) is 0 Å². The van der Waals surface area contributed by atoms with Crippen LogP contribution in [0.5, 0.6) is 0 Å². The van der Waals surface area contributed by atoms with Crippen LogP contribution < -0.4 is 5.32 Å². The number of hydrogen-bond donors (Lipinski definition) is 2. The molecule has 0 saturated carbocycles. The lowest BCUT2D eigenvalue weighted by atomic mass is 10.0. The van der Waals surface area contributed by atoms with Crippen LogP contribution in [0.1, 0.15) is 36.6 Å². The summed E-state index contributed by atoms with van der Waals surface area (Å²) in [6, 6.07) is 6.59. The summed E-state index contributed by atoms with van der Waals surface area (Å²) in [5, 5.41) is 13.3. The molecule has 0 saturated heterocycles. The number of hydrogen-bond acceptors (Lipinski definition) is 2. The Kier molecular flexibility index (Phi) is 4.30. The highest BCUT2D eigenvalue weighted by molar-refractivity contribution is 5.32. The Morgan fingerprint density at radius 3 is 2.53 bits per heavy atom. The molecule has 15 heavy (non-hydrogen) atoms. The Labute approximate surface area is 92.3 Å². The van der Waals surface area contributed by atoms with Crippen molar-refractivity contribution in [1.29, 1.82) is 0 Å². The minimum absolute atomic E-state index is 0.407. The molecule has 0 bridgehead atoms. The normalized spacial score (nSPS) is 13.2. The molecule has 84 valence electrons. The van der Waals surface area contributed by atoms with Crippen LogP contribution in [0.3, 0.4) is 0 Å². The molecule has 0 aliphatic carbocycles. The van der Waals surface area contributed by atoms with E-state index >= 15 is 0 Å². The van der Waals surface area contributed by atoms with Crippen LogP contribution in [0.25, 0.3) is 0 Å². The van der Waals surface area contributed by atoms with Gasteiger partial charge in [-0.1, -0.05) is 37.6 Å². The third kappa shape index (κ3) is 3.65. The van der Waals surface area contributed by atoms with Gasteiger partial charge in [0.25, 0.3) is 0 Å². The van der Waals surface area contributed by atoms with Gasteiger partial charge >= 0.3 is 0 Å². The minimum Gasteiger partial charge on any atom is -0.387 e. The highest BCUT2D eigenvalue weighted by Crippen LogP contribution is 2.18. The van der Waals surface area contributed by atoms with Gasteiger partial charge in [0.05, 0.1) is 6.10 Å². The van der Waals surface area contributed by atoms with Crippen molar-refractivity contribution in [2.75, 3.05) is 6.54 Å². The molecule has 0 spiro atoms. The van der Waals surface area contributed by atoms with Gasteiger partial charge in [-0.25, -0.2) is 0 Å². The van der Waals surface area contributed by atoms with Crippen LogP contribution >= 0.6 is 0 Å². The summed E-state index contributed by atoms with van der Waals surface area (Å²) in [6.07, 6.45) is -0.410. The highest BCUT2D eigenvalue weighted by atomic mass is 16.3. The van der Waals surface area contributed by atoms with E-state index in [1.165, 1.54) is 5.56 Å². The van der Waals surface area contributed by atoms with Crippen molar-refractivity contribution in [3.63, 3.8) is 0 Å². The highest BCUT2D eigenvalue weighted by Gasteiger charge is 2.10. The van der Waals surface area contributed by atoms with E-state index in [0.29, 0.717) is 12.6 Å². The predicted octanol–water partition coefficient (Wildman–Crippen LogP) is 2.33. The Morgan fingerprint density at radius 2 is 1.93 bits per heavy atom. The molecule has 2 N–H and O–H groups in total. The van der Waals surface area contributed by atoms with Gasteiger partial charge in [-0.15, -0.1) is 0 Å². The zero-order valence-corrected chi connectivity index (χ0v) is 10.0. The Balaban J connectivity index is 2.72. The van der Waals surface area contributed by atoms with Gasteiger partial charge < -0.3 is 10.4 Å². The topological polar surface area (TPSA) is 32.3 Å². The second-order valence-corrected chi connectivity index (χ2v) is 4.44. The van der Waals surface area contributed by atoms with E-state index in [1.54, 1.807) is 0 Å². The van der Waals surface area contributed by atoms with Crippen molar-refractivity contribution in [3.05, 3.63) is 34.9 Å². The first-order valence-corrected chi connectivity index (χ1v) is 5.49. The lowest BCUT2D eigenvalue weighted by Gasteiger charge is -2.16. The van der Waals surface area contributed by atoms with Crippen molar-refractivity contribution < 1.29 is 5.11 Å². The Hall–Kier alpha value is -0.860. The molecular formula is C13H21NO. The maximum Gasteiger partial charge on any atom is 0.0917 e. The quantitative estimate of drug-likeness (QED) is 0.794. The molecule has 0 radical (unpaired) electrons. The molecule has 1 aromatic carbocycles. The van der Waals surface area contributed by atoms with Crippen molar-refractivity contribution in [2.24, 2.45) is 0 Å². The second-order valence-electron chi connectivity index (χ2n) is 4.44. The average Bonchev–Trinajstić information content (AvgIpc) is 2.18. The molecule has 0 aliphatic heterocycles. The van der Waals surface area contributed by atoms with Gasteiger partial charge in [-0.2, -0.15) is 0 Å². The fourth-order valence-electron chi connectivity index (χ4n) is 1.58. The zero-order chi connectivity index (χ0) is 11.4. The van der Waals surface area contributed by atoms with Gasteiger partial charge in [0, 0.05) is 12.6 Å². The smallest absolute Gasteiger partial charge is 0.0917 e. The molecule has 2 heteroatoms. The molecule has 1 rings (SSSR count). The van der Waals surface area contributed by atoms with Crippen LogP contribution in [0.15, 0.2) is 18.2 Å². The molecule has 0 aliphatic rings. The van der Waals surface area contributed by atoms with E-state index in [9.17, 15) is 5.11 Å². The van der Waals surface area contributed by atoms with Crippen LogP contribution in [0.4, 0.5) is 0 Å². The average molecular weight is 207 g/mol. The first-order valence-electron chi connectivity index (χ1n) is 5.49. The molecule has 0 amide bonds. The van der Waals surface area contributed by atoms with Gasteiger partial charge in [0.2, 0.25) is 0 Å². The molecule has 0 fully saturated rings. The van der Waals surface area contributed by atoms with E-state index < -0.39 is 6.10 Å². The molecular weight excluding hydrogens is 186 g/mol. The number of rotatable bonds is 4. The lowest BCUT2D eigenvalue weighted by Crippen LogP contribution is -2.28. The van der Waals surface area contributed by atoms with E-state index in [-0.39, 0.29) is 0 Å². The number of aryl methyl sites for hydroxylation is 2. The van der Waals surface area contributed by atoms with E-state index in [0.717, 1.165) is 11.1 Å². The number of benzene rings is 1. The summed E-state index contributed by atoms with van der Waals surface area (Å²) >= 11 is 0. The van der Waals surface area contributed by atoms with Crippen LogP contribution in [-0.2, 0) is 0 Å². The Morgan fingerprint density at radius 1 is 1.27 bits per heavy atom. The largest absolute Gasteiger partial charge is 0.387 e. The molecule has 1 aromatic rings. The van der Waals surface area contributed by atoms with Gasteiger partial charge in [-0.05, 0) is 25.0 Å². The predicted molar refractivity (Wildman–Crippen MR) is 64.0 cm³/mol. The second kappa shape index (κ2) is 5.29. The maximum absolute atomic E-state index is 10.0. The Bertz CT molecular complexity index is 320. The summed E-state index contributed by atoms with van der Waals surface area (Å²) in [6.45, 7) is 8.85. The maximum atomic E-state index is 10.0. The summed E-state index contributed by atoms with van der Waals surface area (Å²) in [5.74, 6) is 0. The number of nitrogens with one attached hydrogen (secondary N) is 1. The first kappa shape index (κ1) is 12.2. The zero-order valence-electron chi connectivity index (χ0n) is 10.0. The van der Waals surface area contributed by atoms with Crippen LogP contribution in [0, 0.1) is 13.8 Å². The number of aliphatic hydroxyl groups excluding tert-OH is 1. The summed E-state index contributed by atoms with van der Waals surface area (Å²) < 4.78 is 0. The number of aliphatic hydroxyl groups is 1. The fourth-order valence-corrected chi connectivity index (χ4v) is 1.58. The van der Waals surface area contributed by atoms with Crippen LogP contribution in [0.2, 0.25) is 0 Å². The molecule has 2 nitrogen and oxygen atoms in total. The summed E-state index contributed by atoms with van der Waals surface area (Å²) in [5.41, 5.74) is 3.38. The molecule has 0 aromatic heterocycles. The lowest BCUT2D eigenvalue weighted by molar-refractivity contribution is 0.171. The summed E-state index contributed by atoms with van der Waals surface area (Å²) in [4.78, 5) is 0. The molecule has 0 unspecified atom stereocenters. The van der Waals surface area contributed by atoms with Crippen molar-refractivity contribution in [2.45, 2.75) is 39.8 Å². The first-order chi connectivity index (χ1) is 7.00. The van der Waals surface area contributed by atoms with E-state index in [2.05, 4.69) is 37.4 Å². The standard InChI is InChI=1S/C13H21NO/c1-9(2)14-8-13(15)12-7-10(3)5-6-11(12)4/h5-7,9,13-15H,8H2,1-4H3/t13-/m0/s1. The third-order valence-electron chi connectivity index (χ3n) is 2.51. The SMILES string of the molecule is Cc1ccc(C)c([C@@H](O)CNC(C)C)c1. The minimum atomic E-state index is -0.410. The molecule has 1 atom stereocenters. The fraction of sp³-hybridized carbons (Fsp3) is 0.538. The molecule has 0 heterocycles. The van der Waals surface area contributed by atoms with Crippen molar-refractivity contribution >= 4 is 0 Å².